The molecule has 1 heterocycles. The van der Waals surface area contributed by atoms with Crippen LogP contribution in [0.25, 0.3) is 38.6 Å². The van der Waals surface area contributed by atoms with E-state index in [0.29, 0.717) is 16.8 Å². The molecule has 3 nitrogen and oxygen atoms in total. The van der Waals surface area contributed by atoms with Crippen LogP contribution in [0.15, 0.2) is 176 Å². The fourth-order valence-electron chi connectivity index (χ4n) is 7.49. The van der Waals surface area contributed by atoms with Crippen LogP contribution in [0.4, 0.5) is 0 Å². The lowest BCUT2D eigenvalue weighted by molar-refractivity contribution is 1.16. The summed E-state index contributed by atoms with van der Waals surface area (Å²) in [7, 11) is -2.94. The maximum atomic E-state index is 11.1. The molecule has 224 valence electrons. The molecule has 0 bridgehead atoms. The van der Waals surface area contributed by atoms with Gasteiger partial charge in [-0.15, -0.1) is 0 Å². The van der Waals surface area contributed by atoms with Crippen molar-refractivity contribution in [1.82, 2.24) is 4.57 Å². The van der Waals surface area contributed by atoms with E-state index in [2.05, 4.69) is 156 Å². The van der Waals surface area contributed by atoms with Crippen LogP contribution in [-0.2, 0) is 0 Å². The first-order valence-corrected chi connectivity index (χ1v) is 18.0. The van der Waals surface area contributed by atoms with Crippen LogP contribution in [0.2, 0.25) is 0 Å². The maximum Gasteiger partial charge on any atom is 0.180 e. The summed E-state index contributed by atoms with van der Waals surface area (Å²) in [6.45, 7) is 0. The Kier molecular flexibility index (Phi) is 7.27. The van der Waals surface area contributed by atoms with Gasteiger partial charge in [0.05, 0.1) is 27.8 Å². The van der Waals surface area contributed by atoms with Crippen molar-refractivity contribution >= 4 is 50.6 Å². The largest absolute Gasteiger partial charge is 0.307 e. The van der Waals surface area contributed by atoms with E-state index in [9.17, 15) is 10.5 Å². The van der Waals surface area contributed by atoms with E-state index in [1.54, 1.807) is 0 Å². The minimum Gasteiger partial charge on any atom is -0.307 e. The zero-order chi connectivity index (χ0) is 32.5. The Morgan fingerprint density at radius 3 is 1.38 bits per heavy atom. The van der Waals surface area contributed by atoms with Crippen molar-refractivity contribution in [3.8, 4) is 29.0 Å². The summed E-state index contributed by atoms with van der Waals surface area (Å²) in [5, 5.41) is 28.7. The van der Waals surface area contributed by atoms with Crippen LogP contribution in [0, 0.1) is 22.7 Å². The second-order valence-corrected chi connectivity index (χ2v) is 15.6. The number of nitrogens with zero attached hydrogens (tertiary/aromatic N) is 3. The summed E-state index contributed by atoms with van der Waals surface area (Å²) in [4.78, 5) is 0. The summed E-state index contributed by atoms with van der Waals surface area (Å²) < 4.78 is 2.10. The van der Waals surface area contributed by atoms with Crippen LogP contribution in [0.3, 0.4) is 0 Å². The third kappa shape index (κ3) is 4.40. The van der Waals surface area contributed by atoms with Crippen molar-refractivity contribution in [2.75, 3.05) is 0 Å². The van der Waals surface area contributed by atoms with Gasteiger partial charge in [-0.1, -0.05) is 158 Å². The molecule has 0 amide bonds. The molecule has 48 heavy (non-hydrogen) atoms. The number of hydrogen-bond donors (Lipinski definition) is 0. The molecular weight excluding hydrogens is 599 g/mol. The summed E-state index contributed by atoms with van der Waals surface area (Å²) in [5.41, 5.74) is 5.25. The topological polar surface area (TPSA) is 52.5 Å². The predicted molar refractivity (Wildman–Crippen MR) is 199 cm³/mol. The van der Waals surface area contributed by atoms with E-state index in [1.165, 1.54) is 20.7 Å². The Hall–Kier alpha value is -6.46. The Balaban J connectivity index is 1.51. The average molecular weight is 628 g/mol. The maximum absolute atomic E-state index is 11.1. The standard InChI is InChI=1S/C44H29N3Si/c45-30-32-28-29-36(40(31-46)44(32)47-41-25-13-10-22-37(41)38-23-11-14-26-42(38)47)39-24-12-15-27-43(39)48(33-16-4-1-5-17-33,34-18-6-2-7-19-34)35-20-8-3-9-21-35/h1-29H. The molecule has 0 aliphatic heterocycles. The second-order valence-electron chi connectivity index (χ2n) is 11.9. The number of hydrogen-bond acceptors (Lipinski definition) is 2. The molecule has 0 radical (unpaired) electrons. The summed E-state index contributed by atoms with van der Waals surface area (Å²) >= 11 is 0. The smallest absolute Gasteiger partial charge is 0.180 e. The van der Waals surface area contributed by atoms with E-state index in [4.69, 9.17) is 0 Å². The first-order chi connectivity index (χ1) is 23.8. The Morgan fingerprint density at radius 2 is 0.875 bits per heavy atom. The van der Waals surface area contributed by atoms with Gasteiger partial charge in [-0.2, -0.15) is 10.5 Å². The van der Waals surface area contributed by atoms with E-state index in [0.717, 1.165) is 32.9 Å². The van der Waals surface area contributed by atoms with Crippen molar-refractivity contribution < 1.29 is 0 Å². The van der Waals surface area contributed by atoms with Crippen molar-refractivity contribution in [2.24, 2.45) is 0 Å². The number of nitriles is 2. The molecule has 0 saturated carbocycles. The highest BCUT2D eigenvalue weighted by Crippen LogP contribution is 2.37. The third-order valence-corrected chi connectivity index (χ3v) is 14.3. The highest BCUT2D eigenvalue weighted by atomic mass is 28.3. The van der Waals surface area contributed by atoms with Gasteiger partial charge in [0.1, 0.15) is 12.1 Å². The minimum atomic E-state index is -2.94. The third-order valence-electron chi connectivity index (χ3n) is 9.46. The number of para-hydroxylation sites is 2. The van der Waals surface area contributed by atoms with E-state index in [1.807, 2.05) is 36.4 Å². The number of fused-ring (bicyclic) bond motifs is 3. The number of aromatic nitrogens is 1. The van der Waals surface area contributed by atoms with Gasteiger partial charge in [-0.3, -0.25) is 0 Å². The summed E-state index contributed by atoms with van der Waals surface area (Å²) in [5.74, 6) is 0. The lowest BCUT2D eigenvalue weighted by Crippen LogP contribution is -2.75. The second kappa shape index (κ2) is 12.0. The fraction of sp³-hybridized carbons (Fsp3) is 0. The summed E-state index contributed by atoms with van der Waals surface area (Å²) in [6, 6.07) is 66.2. The first kappa shape index (κ1) is 29.0. The minimum absolute atomic E-state index is 0.456. The predicted octanol–water partition coefficient (Wildman–Crippen LogP) is 7.57. The zero-order valence-corrected chi connectivity index (χ0v) is 27.1. The molecule has 0 N–H and O–H groups in total. The van der Waals surface area contributed by atoms with Crippen molar-refractivity contribution in [3.05, 3.63) is 187 Å². The number of benzene rings is 7. The van der Waals surface area contributed by atoms with Gasteiger partial charge in [0.2, 0.25) is 0 Å². The van der Waals surface area contributed by atoms with Gasteiger partial charge in [-0.25, -0.2) is 0 Å². The van der Waals surface area contributed by atoms with Gasteiger partial charge >= 0.3 is 0 Å². The molecule has 0 saturated heterocycles. The lowest BCUT2D eigenvalue weighted by atomic mass is 9.95. The monoisotopic (exact) mass is 627 g/mol. The molecule has 7 aromatic carbocycles. The van der Waals surface area contributed by atoms with Crippen LogP contribution in [-0.4, -0.2) is 12.6 Å². The first-order valence-electron chi connectivity index (χ1n) is 16.0. The molecule has 0 unspecified atom stereocenters. The van der Waals surface area contributed by atoms with Gasteiger partial charge in [0.25, 0.3) is 0 Å². The van der Waals surface area contributed by atoms with Gasteiger partial charge < -0.3 is 4.57 Å². The molecule has 4 heteroatoms. The van der Waals surface area contributed by atoms with Gasteiger partial charge in [0, 0.05) is 16.3 Å². The summed E-state index contributed by atoms with van der Waals surface area (Å²) in [6.07, 6.45) is 0. The van der Waals surface area contributed by atoms with Gasteiger partial charge in [0.15, 0.2) is 8.07 Å². The molecule has 0 spiro atoms. The van der Waals surface area contributed by atoms with Crippen LogP contribution >= 0.6 is 0 Å². The highest BCUT2D eigenvalue weighted by molar-refractivity contribution is 7.20. The molecular formula is C44H29N3Si. The van der Waals surface area contributed by atoms with Crippen molar-refractivity contribution in [1.29, 1.82) is 10.5 Å². The van der Waals surface area contributed by atoms with Gasteiger partial charge in [-0.05, 0) is 44.5 Å². The lowest BCUT2D eigenvalue weighted by Gasteiger charge is -2.36. The zero-order valence-electron chi connectivity index (χ0n) is 26.1. The molecule has 0 aliphatic rings. The van der Waals surface area contributed by atoms with Crippen LogP contribution in [0.5, 0.6) is 0 Å². The number of rotatable bonds is 6. The van der Waals surface area contributed by atoms with Crippen molar-refractivity contribution in [2.45, 2.75) is 0 Å². The molecule has 0 aliphatic carbocycles. The molecule has 0 atom stereocenters. The molecule has 1 aromatic heterocycles. The van der Waals surface area contributed by atoms with E-state index >= 15 is 0 Å². The normalized spacial score (nSPS) is 11.3. The quantitative estimate of drug-likeness (QED) is 0.141. The Morgan fingerprint density at radius 1 is 0.417 bits per heavy atom. The van der Waals surface area contributed by atoms with Crippen LogP contribution in [0.1, 0.15) is 11.1 Å². The highest BCUT2D eigenvalue weighted by Gasteiger charge is 2.43. The van der Waals surface area contributed by atoms with Crippen LogP contribution < -0.4 is 20.7 Å². The average Bonchev–Trinajstić information content (AvgIpc) is 3.50. The Labute approximate surface area is 280 Å². The Bertz CT molecular complexity index is 2370. The van der Waals surface area contributed by atoms with E-state index in [-0.39, 0.29) is 0 Å². The SMILES string of the molecule is N#Cc1ccc(-c2ccccc2[Si](c2ccccc2)(c2ccccc2)c2ccccc2)c(C#N)c1-n1c2ccccc2c2ccccc21. The molecule has 8 aromatic rings. The molecule has 0 fully saturated rings. The van der Waals surface area contributed by atoms with E-state index < -0.39 is 8.07 Å². The van der Waals surface area contributed by atoms with Crippen molar-refractivity contribution in [3.63, 3.8) is 0 Å². The fourth-order valence-corrected chi connectivity index (χ4v) is 12.5. The molecule has 8 rings (SSSR count).